The maximum Gasteiger partial charge on any atom is 0.162 e. The Bertz CT molecular complexity index is 875. The van der Waals surface area contributed by atoms with Gasteiger partial charge in [0.2, 0.25) is 0 Å². The predicted octanol–water partition coefficient (Wildman–Crippen LogP) is 9.79. The average Bonchev–Trinajstić information content (AvgIpc) is 2.92. The molecule has 0 saturated carbocycles. The first-order valence-electron chi connectivity index (χ1n) is 14.5. The van der Waals surface area contributed by atoms with Crippen molar-refractivity contribution in [3.8, 4) is 0 Å². The van der Waals surface area contributed by atoms with Gasteiger partial charge >= 0.3 is 0 Å². The lowest BCUT2D eigenvalue weighted by molar-refractivity contribution is -0.432. The summed E-state index contributed by atoms with van der Waals surface area (Å²) in [6.07, 6.45) is 20.7. The third-order valence-electron chi connectivity index (χ3n) is 7.18. The van der Waals surface area contributed by atoms with Crippen molar-refractivity contribution >= 4 is 34.3 Å². The fraction of sp³-hybridized carbons (Fsp3) is 0.645. The van der Waals surface area contributed by atoms with Crippen LogP contribution >= 0.6 is 12.0 Å². The predicted molar refractivity (Wildman–Crippen MR) is 158 cm³/mol. The van der Waals surface area contributed by atoms with Crippen molar-refractivity contribution in [2.24, 2.45) is 0 Å². The van der Waals surface area contributed by atoms with Crippen LogP contribution in [-0.2, 0) is 9.37 Å². The first-order valence-corrected chi connectivity index (χ1v) is 15.4. The highest BCUT2D eigenvalue weighted by Crippen LogP contribution is 2.24. The first-order chi connectivity index (χ1) is 18.2. The zero-order valence-corrected chi connectivity index (χ0v) is 24.0. The Morgan fingerprint density at radius 2 is 1.32 bits per heavy atom. The van der Waals surface area contributed by atoms with Crippen LogP contribution in [0.1, 0.15) is 120 Å². The number of Topliss-reactive ketones (excluding diaryl/α,β-unsaturated/α-hetero) is 1. The minimum atomic E-state index is 0.251. The van der Waals surface area contributed by atoms with Gasteiger partial charge in [-0.1, -0.05) is 120 Å². The Labute approximate surface area is 229 Å². The number of carbonyl (C=O) groups is 1. The summed E-state index contributed by atoms with van der Waals surface area (Å²) >= 11 is 1.05. The second kappa shape index (κ2) is 20.4. The molecule has 0 radical (unpaired) electrons. The van der Waals surface area contributed by atoms with E-state index in [0.717, 1.165) is 53.5 Å². The Kier molecular flexibility index (Phi) is 17.4. The zero-order chi connectivity index (χ0) is 26.6. The highest BCUT2D eigenvalue weighted by molar-refractivity contribution is 7.94. The molecule has 0 amide bonds. The molecule has 0 aliphatic heterocycles. The van der Waals surface area contributed by atoms with Crippen LogP contribution in [0.2, 0.25) is 0 Å². The summed E-state index contributed by atoms with van der Waals surface area (Å²) in [5.41, 5.74) is 1.91. The van der Waals surface area contributed by atoms with E-state index >= 15 is 0 Å². The van der Waals surface area contributed by atoms with Crippen LogP contribution in [0.3, 0.4) is 0 Å². The van der Waals surface area contributed by atoms with Gasteiger partial charge in [0.15, 0.2) is 5.78 Å². The quantitative estimate of drug-likeness (QED) is 0.0506. The minimum absolute atomic E-state index is 0.251. The van der Waals surface area contributed by atoms with E-state index in [-0.39, 0.29) is 5.78 Å². The van der Waals surface area contributed by atoms with E-state index in [2.05, 4.69) is 39.4 Å². The Balaban J connectivity index is 1.56. The van der Waals surface area contributed by atoms with Crippen LogP contribution in [0.5, 0.6) is 0 Å². The van der Waals surface area contributed by atoms with Crippen molar-refractivity contribution in [3.63, 3.8) is 0 Å². The topological polar surface area (TPSA) is 59.0 Å². The number of unbranched alkanes of at least 4 members (excludes halogenated alkanes) is 14. The SMILES string of the molecule is CCCCCCCCCCCCCCCCCC(=O)c1ccc2cc(N(C)CCSOOO)ccc2c1. The Morgan fingerprint density at radius 1 is 0.784 bits per heavy atom. The van der Waals surface area contributed by atoms with Crippen LogP contribution in [0.4, 0.5) is 5.69 Å². The molecule has 2 rings (SSSR count). The van der Waals surface area contributed by atoms with Crippen molar-refractivity contribution in [1.29, 1.82) is 0 Å². The van der Waals surface area contributed by atoms with Gasteiger partial charge in [-0.2, -0.15) is 0 Å². The number of rotatable bonds is 23. The van der Waals surface area contributed by atoms with Gasteiger partial charge in [0, 0.05) is 49.1 Å². The van der Waals surface area contributed by atoms with Gasteiger partial charge in [0.05, 0.1) is 0 Å². The fourth-order valence-electron chi connectivity index (χ4n) is 4.80. The molecule has 0 unspecified atom stereocenters. The summed E-state index contributed by atoms with van der Waals surface area (Å²) in [5.74, 6) is 0.905. The molecule has 0 bridgehead atoms. The fourth-order valence-corrected chi connectivity index (χ4v) is 5.26. The van der Waals surface area contributed by atoms with Crippen LogP contribution in [0, 0.1) is 0 Å². The van der Waals surface area contributed by atoms with Gasteiger partial charge in [0.1, 0.15) is 0 Å². The molecule has 0 saturated heterocycles. The summed E-state index contributed by atoms with van der Waals surface area (Å²) in [4.78, 5) is 14.8. The third-order valence-corrected chi connectivity index (χ3v) is 7.69. The molecule has 208 valence electrons. The third kappa shape index (κ3) is 13.7. The summed E-state index contributed by atoms with van der Waals surface area (Å²) in [6, 6.07) is 12.3. The zero-order valence-electron chi connectivity index (χ0n) is 23.2. The minimum Gasteiger partial charge on any atom is -0.374 e. The second-order valence-corrected chi connectivity index (χ2v) is 11.0. The van der Waals surface area contributed by atoms with Gasteiger partial charge in [-0.3, -0.25) is 4.79 Å². The molecule has 0 aromatic heterocycles. The Hall–Kier alpha value is -1.60. The van der Waals surface area contributed by atoms with E-state index in [1.54, 1.807) is 0 Å². The van der Waals surface area contributed by atoms with Gasteiger partial charge in [-0.25, -0.2) is 5.26 Å². The molecule has 1 N–H and O–H groups in total. The van der Waals surface area contributed by atoms with Crippen molar-refractivity contribution in [3.05, 3.63) is 42.0 Å². The molecule has 2 aromatic carbocycles. The summed E-state index contributed by atoms with van der Waals surface area (Å²) in [6.45, 7) is 3.02. The van der Waals surface area contributed by atoms with Gasteiger partial charge < -0.3 is 4.90 Å². The number of ketones is 1. The number of anilines is 1. The Morgan fingerprint density at radius 3 is 1.92 bits per heavy atom. The van der Waals surface area contributed by atoms with E-state index in [9.17, 15) is 4.79 Å². The molecule has 0 heterocycles. The van der Waals surface area contributed by atoms with Crippen LogP contribution < -0.4 is 4.90 Å². The number of nitrogens with zero attached hydrogens (tertiary/aromatic N) is 1. The highest BCUT2D eigenvalue weighted by Gasteiger charge is 2.08. The monoisotopic (exact) mass is 531 g/mol. The van der Waals surface area contributed by atoms with E-state index in [0.29, 0.717) is 12.2 Å². The smallest absolute Gasteiger partial charge is 0.162 e. The second-order valence-electron chi connectivity index (χ2n) is 10.3. The van der Waals surface area contributed by atoms with Crippen molar-refractivity contribution in [2.45, 2.75) is 110 Å². The molecule has 6 heteroatoms. The molecular formula is C31H49NO4S. The van der Waals surface area contributed by atoms with Gasteiger partial charge in [-0.05, 0) is 35.4 Å². The van der Waals surface area contributed by atoms with Gasteiger partial charge in [-0.15, -0.1) is 4.33 Å². The van der Waals surface area contributed by atoms with Gasteiger partial charge in [0.25, 0.3) is 0 Å². The molecule has 5 nitrogen and oxygen atoms in total. The van der Waals surface area contributed by atoms with E-state index in [4.69, 9.17) is 5.26 Å². The molecule has 0 atom stereocenters. The largest absolute Gasteiger partial charge is 0.374 e. The van der Waals surface area contributed by atoms with Crippen LogP contribution in [0.15, 0.2) is 36.4 Å². The van der Waals surface area contributed by atoms with Crippen LogP contribution in [-0.4, -0.2) is 30.4 Å². The standard InChI is InChI=1S/C31H49NO4S/c1-3-4-5-6-7-8-9-10-11-12-13-14-15-16-17-18-31(33)29-20-19-28-26-30(22-21-27(28)25-29)32(2)23-24-37-36-35-34/h19-22,25-26,34H,3-18,23-24H2,1-2H3. The van der Waals surface area contributed by atoms with E-state index in [1.807, 2.05) is 25.2 Å². The van der Waals surface area contributed by atoms with Crippen molar-refractivity contribution in [1.82, 2.24) is 0 Å². The number of fused-ring (bicyclic) bond motifs is 1. The van der Waals surface area contributed by atoms with Crippen LogP contribution in [0.25, 0.3) is 10.8 Å². The maximum absolute atomic E-state index is 12.7. The molecule has 37 heavy (non-hydrogen) atoms. The summed E-state index contributed by atoms with van der Waals surface area (Å²) in [5, 5.41) is 14.0. The van der Waals surface area contributed by atoms with Crippen molar-refractivity contribution in [2.75, 3.05) is 24.2 Å². The number of hydrogen-bond donors (Lipinski definition) is 1. The lowest BCUT2D eigenvalue weighted by Gasteiger charge is -2.19. The molecule has 2 aromatic rings. The summed E-state index contributed by atoms with van der Waals surface area (Å²) < 4.78 is 4.42. The first kappa shape index (κ1) is 31.6. The van der Waals surface area contributed by atoms with E-state index in [1.165, 1.54) is 83.5 Å². The number of carbonyl (C=O) groups excluding carboxylic acids is 1. The number of hydrogen-bond acceptors (Lipinski definition) is 6. The van der Waals surface area contributed by atoms with Crippen molar-refractivity contribution < 1.29 is 19.4 Å². The highest BCUT2D eigenvalue weighted by atomic mass is 32.2. The molecule has 0 fully saturated rings. The maximum atomic E-state index is 12.7. The molecular weight excluding hydrogens is 482 g/mol. The number of benzene rings is 2. The molecule has 0 spiro atoms. The lowest BCUT2D eigenvalue weighted by atomic mass is 9.99. The lowest BCUT2D eigenvalue weighted by Crippen LogP contribution is -2.20. The average molecular weight is 532 g/mol. The molecule has 0 aliphatic rings. The normalized spacial score (nSPS) is 11.3. The summed E-state index contributed by atoms with van der Waals surface area (Å²) in [7, 11) is 2.01. The van der Waals surface area contributed by atoms with E-state index < -0.39 is 0 Å². The molecule has 0 aliphatic carbocycles.